The first-order valence-electron chi connectivity index (χ1n) is 6.07. The molecule has 1 unspecified atom stereocenters. The highest BCUT2D eigenvalue weighted by molar-refractivity contribution is 5.81. The molecule has 1 aromatic heterocycles. The fraction of sp³-hybridized carbons (Fsp3) is 0.357. The molecule has 0 fully saturated rings. The Bertz CT molecular complexity index is 477. The largest absolute Gasteiger partial charge is 0.501 e. The number of hydrogen-bond acceptors (Lipinski definition) is 4. The Morgan fingerprint density at radius 2 is 2.26 bits per heavy atom. The Kier molecular flexibility index (Phi) is 6.10. The zero-order valence-electron chi connectivity index (χ0n) is 11.1. The molecule has 0 aliphatic rings. The first-order valence-corrected chi connectivity index (χ1v) is 6.07. The minimum absolute atomic E-state index is 0.150. The van der Waals surface area contributed by atoms with Gasteiger partial charge < -0.3 is 10.1 Å². The third kappa shape index (κ3) is 4.80. The summed E-state index contributed by atoms with van der Waals surface area (Å²) in [5.41, 5.74) is 1.77. The van der Waals surface area contributed by atoms with Gasteiger partial charge in [-0.25, -0.2) is 0 Å². The molecule has 0 saturated heterocycles. The van der Waals surface area contributed by atoms with Crippen LogP contribution < -0.4 is 5.32 Å². The van der Waals surface area contributed by atoms with E-state index in [1.807, 2.05) is 32.0 Å². The lowest BCUT2D eigenvalue weighted by Crippen LogP contribution is -2.33. The van der Waals surface area contributed by atoms with Gasteiger partial charge in [0.2, 0.25) is 5.91 Å². The van der Waals surface area contributed by atoms with E-state index in [2.05, 4.69) is 10.3 Å². The number of pyridine rings is 1. The second-order valence-corrected chi connectivity index (χ2v) is 3.89. The van der Waals surface area contributed by atoms with Crippen molar-refractivity contribution < 1.29 is 9.53 Å². The smallest absolute Gasteiger partial charge is 0.234 e. The van der Waals surface area contributed by atoms with Gasteiger partial charge in [-0.2, -0.15) is 5.26 Å². The third-order valence-electron chi connectivity index (χ3n) is 2.47. The van der Waals surface area contributed by atoms with Gasteiger partial charge in [-0.3, -0.25) is 9.78 Å². The lowest BCUT2D eigenvalue weighted by atomic mass is 10.0. The van der Waals surface area contributed by atoms with Gasteiger partial charge >= 0.3 is 0 Å². The van der Waals surface area contributed by atoms with Crippen molar-refractivity contribution in [3.05, 3.63) is 36.4 Å². The number of hydrogen-bond donors (Lipinski definition) is 1. The minimum Gasteiger partial charge on any atom is -0.501 e. The summed E-state index contributed by atoms with van der Waals surface area (Å²) >= 11 is 0. The Morgan fingerprint density at radius 3 is 2.84 bits per heavy atom. The van der Waals surface area contributed by atoms with Gasteiger partial charge in [-0.15, -0.1) is 0 Å². The number of nitrogens with zero attached hydrogens (tertiary/aromatic N) is 2. The van der Waals surface area contributed by atoms with E-state index in [-0.39, 0.29) is 18.4 Å². The van der Waals surface area contributed by atoms with Crippen LogP contribution in [-0.4, -0.2) is 23.5 Å². The molecule has 5 nitrogen and oxygen atoms in total. The summed E-state index contributed by atoms with van der Waals surface area (Å²) < 4.78 is 5.31. The van der Waals surface area contributed by atoms with E-state index in [0.717, 1.165) is 11.1 Å². The van der Waals surface area contributed by atoms with Gasteiger partial charge in [0.15, 0.2) is 0 Å². The van der Waals surface area contributed by atoms with Gasteiger partial charge in [-0.05, 0) is 31.5 Å². The monoisotopic (exact) mass is 259 g/mol. The summed E-state index contributed by atoms with van der Waals surface area (Å²) in [6, 6.07) is 5.27. The maximum Gasteiger partial charge on any atom is 0.234 e. The van der Waals surface area contributed by atoms with Crippen LogP contribution in [0.15, 0.2) is 30.8 Å². The van der Waals surface area contributed by atoms with Gasteiger partial charge in [0.25, 0.3) is 0 Å². The standard InChI is InChI=1S/C14H17N3O2/c1-3-19-10-13(12-5-8-16-9-6-12)11(2)17-14(18)4-7-15/h5-6,8-11H,3-4H2,1-2H3,(H,17,18)/b13-10-. The highest BCUT2D eigenvalue weighted by Crippen LogP contribution is 2.17. The number of amides is 1. The van der Waals surface area contributed by atoms with E-state index in [1.54, 1.807) is 18.7 Å². The Morgan fingerprint density at radius 1 is 1.58 bits per heavy atom. The Labute approximate surface area is 112 Å². The van der Waals surface area contributed by atoms with Crippen molar-refractivity contribution in [2.45, 2.75) is 26.3 Å². The number of nitriles is 1. The van der Waals surface area contributed by atoms with Crippen LogP contribution in [-0.2, 0) is 9.53 Å². The fourth-order valence-corrected chi connectivity index (χ4v) is 1.58. The van der Waals surface area contributed by atoms with Gasteiger partial charge in [0, 0.05) is 18.0 Å². The molecule has 100 valence electrons. The number of rotatable bonds is 6. The summed E-state index contributed by atoms with van der Waals surface area (Å²) in [4.78, 5) is 15.4. The first kappa shape index (κ1) is 14.7. The summed E-state index contributed by atoms with van der Waals surface area (Å²) in [7, 11) is 0. The van der Waals surface area contributed by atoms with Crippen LogP contribution in [0, 0.1) is 11.3 Å². The number of carbonyl (C=O) groups is 1. The van der Waals surface area contributed by atoms with Crippen molar-refractivity contribution >= 4 is 11.5 Å². The van der Waals surface area contributed by atoms with Crippen molar-refractivity contribution in [3.63, 3.8) is 0 Å². The van der Waals surface area contributed by atoms with Gasteiger partial charge in [-0.1, -0.05) is 0 Å². The third-order valence-corrected chi connectivity index (χ3v) is 2.47. The molecule has 5 heteroatoms. The SMILES string of the molecule is CCO/C=C(\c1ccncc1)C(C)NC(=O)CC#N. The summed E-state index contributed by atoms with van der Waals surface area (Å²) in [5, 5.41) is 11.2. The Balaban J connectivity index is 2.86. The topological polar surface area (TPSA) is 75.0 Å². The van der Waals surface area contributed by atoms with Crippen LogP contribution in [0.5, 0.6) is 0 Å². The predicted molar refractivity (Wildman–Crippen MR) is 71.7 cm³/mol. The predicted octanol–water partition coefficient (Wildman–Crippen LogP) is 1.88. The highest BCUT2D eigenvalue weighted by atomic mass is 16.5. The summed E-state index contributed by atoms with van der Waals surface area (Å²) in [6.07, 6.45) is 4.84. The molecule has 0 radical (unpaired) electrons. The maximum absolute atomic E-state index is 11.4. The molecule has 0 spiro atoms. The lowest BCUT2D eigenvalue weighted by Gasteiger charge is -2.17. The van der Waals surface area contributed by atoms with Crippen LogP contribution >= 0.6 is 0 Å². The minimum atomic E-state index is -0.300. The first-order chi connectivity index (χ1) is 9.19. The molecule has 0 bridgehead atoms. The average Bonchev–Trinajstić information content (AvgIpc) is 2.40. The van der Waals surface area contributed by atoms with Crippen LogP contribution in [0.3, 0.4) is 0 Å². The molecule has 1 heterocycles. The number of ether oxygens (including phenoxy) is 1. The second kappa shape index (κ2) is 7.88. The molecular weight excluding hydrogens is 242 g/mol. The van der Waals surface area contributed by atoms with Crippen LogP contribution in [0.4, 0.5) is 0 Å². The van der Waals surface area contributed by atoms with Gasteiger partial charge in [0.1, 0.15) is 6.42 Å². The van der Waals surface area contributed by atoms with E-state index in [1.165, 1.54) is 0 Å². The number of carbonyl (C=O) groups excluding carboxylic acids is 1. The van der Waals surface area contributed by atoms with Crippen molar-refractivity contribution in [3.8, 4) is 6.07 Å². The molecule has 0 aliphatic heterocycles. The van der Waals surface area contributed by atoms with Crippen molar-refractivity contribution in [1.29, 1.82) is 5.26 Å². The molecule has 19 heavy (non-hydrogen) atoms. The lowest BCUT2D eigenvalue weighted by molar-refractivity contribution is -0.120. The van der Waals surface area contributed by atoms with E-state index in [0.29, 0.717) is 6.61 Å². The summed E-state index contributed by atoms with van der Waals surface area (Å²) in [6.45, 7) is 4.29. The zero-order valence-corrected chi connectivity index (χ0v) is 11.1. The van der Waals surface area contributed by atoms with E-state index in [9.17, 15) is 4.79 Å². The summed E-state index contributed by atoms with van der Waals surface area (Å²) in [5.74, 6) is -0.300. The second-order valence-electron chi connectivity index (χ2n) is 3.89. The molecule has 1 N–H and O–H groups in total. The molecule has 0 aromatic carbocycles. The number of nitrogens with one attached hydrogen (secondary N) is 1. The van der Waals surface area contributed by atoms with E-state index in [4.69, 9.17) is 10.00 Å². The normalized spacial score (nSPS) is 12.4. The number of aromatic nitrogens is 1. The molecule has 1 rings (SSSR count). The highest BCUT2D eigenvalue weighted by Gasteiger charge is 2.14. The Hall–Kier alpha value is -2.35. The van der Waals surface area contributed by atoms with Crippen LogP contribution in [0.2, 0.25) is 0 Å². The van der Waals surface area contributed by atoms with Crippen molar-refractivity contribution in [2.75, 3.05) is 6.61 Å². The van der Waals surface area contributed by atoms with Crippen LogP contribution in [0.1, 0.15) is 25.8 Å². The molecule has 1 atom stereocenters. The van der Waals surface area contributed by atoms with Crippen molar-refractivity contribution in [1.82, 2.24) is 10.3 Å². The van der Waals surface area contributed by atoms with Gasteiger partial charge in [0.05, 0.1) is 25.0 Å². The average molecular weight is 259 g/mol. The van der Waals surface area contributed by atoms with Crippen LogP contribution in [0.25, 0.3) is 5.57 Å². The quantitative estimate of drug-likeness (QED) is 0.791. The fourth-order valence-electron chi connectivity index (χ4n) is 1.58. The molecule has 1 aromatic rings. The zero-order chi connectivity index (χ0) is 14.1. The van der Waals surface area contributed by atoms with E-state index < -0.39 is 0 Å². The van der Waals surface area contributed by atoms with E-state index >= 15 is 0 Å². The molecule has 1 amide bonds. The molecular formula is C14H17N3O2. The maximum atomic E-state index is 11.4. The van der Waals surface area contributed by atoms with Crippen molar-refractivity contribution in [2.24, 2.45) is 0 Å². The molecule has 0 saturated carbocycles. The molecule has 0 aliphatic carbocycles.